The molecule has 0 fully saturated rings. The zero-order valence-electron chi connectivity index (χ0n) is 11.1. The molecule has 21 heavy (non-hydrogen) atoms. The van der Waals surface area contributed by atoms with Crippen molar-refractivity contribution in [1.82, 2.24) is 19.6 Å². The van der Waals surface area contributed by atoms with Crippen LogP contribution < -0.4 is 0 Å². The highest BCUT2D eigenvalue weighted by atomic mass is 32.2. The van der Waals surface area contributed by atoms with Crippen LogP contribution in [0.1, 0.15) is 0 Å². The highest BCUT2D eigenvalue weighted by molar-refractivity contribution is 7.98. The number of hydrogen-bond acceptors (Lipinski definition) is 6. The largest absolute Gasteiger partial charge is 0.463 e. The average molecular weight is 298 g/mol. The number of aromatic nitrogens is 4. The predicted octanol–water partition coefficient (Wildman–Crippen LogP) is 3.37. The molecular formula is C14H10N4O2S. The Morgan fingerprint density at radius 3 is 2.48 bits per heavy atom. The van der Waals surface area contributed by atoms with E-state index in [-0.39, 0.29) is 0 Å². The Balaban J connectivity index is 2.02. The highest BCUT2D eigenvalue weighted by Crippen LogP contribution is 2.27. The van der Waals surface area contributed by atoms with Gasteiger partial charge >= 0.3 is 0 Å². The van der Waals surface area contributed by atoms with E-state index in [9.17, 15) is 0 Å². The standard InChI is InChI=1S/C14H10N4O2S/c1-21-14-16-13-15-9(11-4-2-6-19-11)8-10(18(13)17-14)12-5-3-7-20-12/h2-8H,1H3. The quantitative estimate of drug-likeness (QED) is 0.540. The van der Waals surface area contributed by atoms with Crippen LogP contribution >= 0.6 is 11.8 Å². The van der Waals surface area contributed by atoms with Crippen molar-refractivity contribution in [2.45, 2.75) is 5.16 Å². The van der Waals surface area contributed by atoms with Gasteiger partial charge in [-0.25, -0.2) is 4.98 Å². The molecule has 0 aliphatic rings. The molecule has 0 radical (unpaired) electrons. The minimum atomic E-state index is 0.514. The minimum absolute atomic E-state index is 0.514. The van der Waals surface area contributed by atoms with Gasteiger partial charge in [-0.3, -0.25) is 0 Å². The van der Waals surface area contributed by atoms with Gasteiger partial charge in [0.2, 0.25) is 5.16 Å². The van der Waals surface area contributed by atoms with E-state index in [4.69, 9.17) is 8.83 Å². The van der Waals surface area contributed by atoms with Crippen molar-refractivity contribution in [2.75, 3.05) is 6.26 Å². The third-order valence-corrected chi connectivity index (χ3v) is 3.56. The van der Waals surface area contributed by atoms with Crippen LogP contribution in [0.25, 0.3) is 28.7 Å². The zero-order chi connectivity index (χ0) is 14.2. The Morgan fingerprint density at radius 2 is 1.81 bits per heavy atom. The lowest BCUT2D eigenvalue weighted by Crippen LogP contribution is -1.97. The SMILES string of the molecule is CSc1nc2nc(-c3ccco3)cc(-c3ccco3)n2n1. The maximum Gasteiger partial charge on any atom is 0.254 e. The molecule has 0 saturated heterocycles. The molecule has 0 aromatic carbocycles. The third kappa shape index (κ3) is 2.02. The molecule has 4 aromatic rings. The van der Waals surface area contributed by atoms with Crippen LogP contribution in [-0.2, 0) is 0 Å². The fourth-order valence-electron chi connectivity index (χ4n) is 2.09. The van der Waals surface area contributed by atoms with E-state index in [1.165, 1.54) is 11.8 Å². The molecule has 0 atom stereocenters. The summed E-state index contributed by atoms with van der Waals surface area (Å²) in [6, 6.07) is 9.27. The lowest BCUT2D eigenvalue weighted by molar-refractivity contribution is 0.574. The summed E-state index contributed by atoms with van der Waals surface area (Å²) >= 11 is 1.47. The molecule has 0 unspecified atom stereocenters. The van der Waals surface area contributed by atoms with Crippen LogP contribution in [-0.4, -0.2) is 25.8 Å². The second-order valence-electron chi connectivity index (χ2n) is 4.29. The van der Waals surface area contributed by atoms with E-state index in [0.717, 1.165) is 5.69 Å². The van der Waals surface area contributed by atoms with Crippen molar-refractivity contribution < 1.29 is 8.83 Å². The van der Waals surface area contributed by atoms with Gasteiger partial charge in [-0.05, 0) is 36.6 Å². The fraction of sp³-hybridized carbons (Fsp3) is 0.0714. The first-order chi connectivity index (χ1) is 10.3. The lowest BCUT2D eigenvalue weighted by atomic mass is 10.2. The molecule has 0 aliphatic carbocycles. The molecule has 0 spiro atoms. The van der Waals surface area contributed by atoms with E-state index >= 15 is 0 Å². The second kappa shape index (κ2) is 4.78. The van der Waals surface area contributed by atoms with Gasteiger partial charge in [0.05, 0.1) is 12.5 Å². The Hall–Kier alpha value is -2.54. The fourth-order valence-corrected chi connectivity index (χ4v) is 2.42. The summed E-state index contributed by atoms with van der Waals surface area (Å²) in [5.74, 6) is 1.89. The molecule has 0 bridgehead atoms. The highest BCUT2D eigenvalue weighted by Gasteiger charge is 2.15. The molecule has 0 saturated carbocycles. The van der Waals surface area contributed by atoms with Crippen molar-refractivity contribution in [3.05, 3.63) is 42.9 Å². The Morgan fingerprint density at radius 1 is 1.05 bits per heavy atom. The van der Waals surface area contributed by atoms with Gasteiger partial charge in [0.15, 0.2) is 11.5 Å². The summed E-state index contributed by atoms with van der Waals surface area (Å²) in [5.41, 5.74) is 1.48. The number of hydrogen-bond donors (Lipinski definition) is 0. The zero-order valence-corrected chi connectivity index (χ0v) is 11.9. The Kier molecular flexibility index (Phi) is 2.78. The number of fused-ring (bicyclic) bond motifs is 1. The first-order valence-electron chi connectivity index (χ1n) is 6.25. The molecule has 4 rings (SSSR count). The van der Waals surface area contributed by atoms with Gasteiger partial charge in [0, 0.05) is 0 Å². The van der Waals surface area contributed by atoms with Crippen LogP contribution in [0, 0.1) is 0 Å². The number of rotatable bonds is 3. The van der Waals surface area contributed by atoms with E-state index in [1.54, 1.807) is 17.0 Å². The van der Waals surface area contributed by atoms with Crippen LogP contribution in [0.15, 0.2) is 56.8 Å². The smallest absolute Gasteiger partial charge is 0.254 e. The van der Waals surface area contributed by atoms with Gasteiger partial charge < -0.3 is 8.83 Å². The van der Waals surface area contributed by atoms with Crippen molar-refractivity contribution in [2.24, 2.45) is 0 Å². The van der Waals surface area contributed by atoms with E-state index < -0.39 is 0 Å². The molecule has 0 N–H and O–H groups in total. The first-order valence-corrected chi connectivity index (χ1v) is 7.47. The summed E-state index contributed by atoms with van der Waals surface area (Å²) in [7, 11) is 0. The third-order valence-electron chi connectivity index (χ3n) is 3.02. The molecule has 6 nitrogen and oxygen atoms in total. The van der Waals surface area contributed by atoms with Gasteiger partial charge in [-0.1, -0.05) is 11.8 Å². The van der Waals surface area contributed by atoms with Crippen LogP contribution in [0.2, 0.25) is 0 Å². The molecule has 4 aromatic heterocycles. The minimum Gasteiger partial charge on any atom is -0.463 e. The maximum atomic E-state index is 5.49. The Labute approximate surface area is 123 Å². The maximum absolute atomic E-state index is 5.49. The summed E-state index contributed by atoms with van der Waals surface area (Å²) in [6.45, 7) is 0. The molecule has 4 heterocycles. The van der Waals surface area contributed by atoms with Crippen molar-refractivity contribution >= 4 is 17.5 Å². The van der Waals surface area contributed by atoms with Crippen LogP contribution in [0.4, 0.5) is 0 Å². The average Bonchev–Trinajstić information content (AvgIpc) is 3.24. The molecular weight excluding hydrogens is 288 g/mol. The summed E-state index contributed by atoms with van der Waals surface area (Å²) in [4.78, 5) is 8.89. The first kappa shape index (κ1) is 12.2. The number of nitrogens with zero attached hydrogens (tertiary/aromatic N) is 4. The van der Waals surface area contributed by atoms with Gasteiger partial charge in [0.25, 0.3) is 5.78 Å². The summed E-state index contributed by atoms with van der Waals surface area (Å²) in [5, 5.41) is 5.08. The van der Waals surface area contributed by atoms with E-state index in [0.29, 0.717) is 28.1 Å². The van der Waals surface area contributed by atoms with Gasteiger partial charge in [-0.15, -0.1) is 5.10 Å². The number of thioether (sulfide) groups is 1. The molecule has 0 aliphatic heterocycles. The second-order valence-corrected chi connectivity index (χ2v) is 5.06. The lowest BCUT2D eigenvalue weighted by Gasteiger charge is -2.03. The molecule has 7 heteroatoms. The van der Waals surface area contributed by atoms with Crippen LogP contribution in [0.3, 0.4) is 0 Å². The van der Waals surface area contributed by atoms with Crippen molar-refractivity contribution in [3.63, 3.8) is 0 Å². The summed E-state index contributed by atoms with van der Waals surface area (Å²) in [6.07, 6.45) is 5.17. The van der Waals surface area contributed by atoms with E-state index in [2.05, 4.69) is 15.1 Å². The van der Waals surface area contributed by atoms with Gasteiger partial charge in [-0.2, -0.15) is 9.50 Å². The summed E-state index contributed by atoms with van der Waals surface area (Å²) < 4.78 is 12.6. The normalized spacial score (nSPS) is 11.3. The van der Waals surface area contributed by atoms with Crippen molar-refractivity contribution in [3.8, 4) is 22.9 Å². The Bertz CT molecular complexity index is 881. The molecule has 104 valence electrons. The topological polar surface area (TPSA) is 69.4 Å². The van der Waals surface area contributed by atoms with Crippen LogP contribution in [0.5, 0.6) is 0 Å². The number of furan rings is 2. The monoisotopic (exact) mass is 298 g/mol. The van der Waals surface area contributed by atoms with Crippen molar-refractivity contribution in [1.29, 1.82) is 0 Å². The molecule has 0 amide bonds. The van der Waals surface area contributed by atoms with E-state index in [1.807, 2.05) is 36.6 Å². The predicted molar refractivity (Wildman–Crippen MR) is 78.0 cm³/mol. The van der Waals surface area contributed by atoms with Gasteiger partial charge in [0.1, 0.15) is 11.4 Å².